The third kappa shape index (κ3) is 4.72. The molecule has 132 valence electrons. The monoisotopic (exact) mass is 343 g/mol. The second kappa shape index (κ2) is 8.17. The first-order valence-corrected chi connectivity index (χ1v) is 7.97. The molecule has 1 fully saturated rings. The van der Waals surface area contributed by atoms with Crippen LogP contribution in [0.1, 0.15) is 31.7 Å². The molecule has 0 atom stereocenters. The summed E-state index contributed by atoms with van der Waals surface area (Å²) in [6.07, 6.45) is 1.33. The first kappa shape index (κ1) is 18.3. The summed E-state index contributed by atoms with van der Waals surface area (Å²) in [5.41, 5.74) is -0.160. The van der Waals surface area contributed by atoms with E-state index in [-0.39, 0.29) is 29.8 Å². The van der Waals surface area contributed by atoms with E-state index in [1.807, 2.05) is 0 Å². The van der Waals surface area contributed by atoms with Crippen molar-refractivity contribution in [2.75, 3.05) is 19.7 Å². The minimum absolute atomic E-state index is 0.160. The van der Waals surface area contributed by atoms with Gasteiger partial charge < -0.3 is 9.64 Å². The Kier molecular flexibility index (Phi) is 6.23. The molecule has 0 N–H and O–H groups in total. The van der Waals surface area contributed by atoms with Crippen molar-refractivity contribution in [3.8, 4) is 0 Å². The first-order valence-electron chi connectivity index (χ1n) is 7.97. The number of rotatable bonds is 5. The maximum absolute atomic E-state index is 13.6. The number of ether oxygens (including phenoxy) is 1. The van der Waals surface area contributed by atoms with Gasteiger partial charge in [-0.05, 0) is 31.7 Å². The third-order valence-electron chi connectivity index (χ3n) is 4.16. The molecule has 0 saturated carbocycles. The minimum atomic E-state index is -1.27. The van der Waals surface area contributed by atoms with Gasteiger partial charge in [0.15, 0.2) is 11.6 Å². The van der Waals surface area contributed by atoms with E-state index in [2.05, 4.69) is 0 Å². The number of amides is 1. The highest BCUT2D eigenvalue weighted by Crippen LogP contribution is 2.22. The summed E-state index contributed by atoms with van der Waals surface area (Å²) in [6.45, 7) is 2.99. The molecule has 4 nitrogen and oxygen atoms in total. The molecule has 2 rings (SSSR count). The number of carbonyl (C=O) groups is 2. The van der Waals surface area contributed by atoms with Crippen LogP contribution in [0.25, 0.3) is 0 Å². The van der Waals surface area contributed by atoms with E-state index < -0.39 is 17.5 Å². The Balaban J connectivity index is 1.87. The van der Waals surface area contributed by atoms with Gasteiger partial charge in [-0.3, -0.25) is 9.59 Å². The fourth-order valence-electron chi connectivity index (χ4n) is 2.82. The van der Waals surface area contributed by atoms with Crippen molar-refractivity contribution in [1.29, 1.82) is 0 Å². The Morgan fingerprint density at radius 3 is 2.38 bits per heavy atom. The zero-order valence-electron chi connectivity index (χ0n) is 13.5. The zero-order chi connectivity index (χ0) is 17.7. The molecule has 1 aromatic rings. The molecule has 0 aliphatic carbocycles. The standard InChI is InChI=1S/C17H20F3NO3/c1-2-24-17(23)7-11-3-5-21(6-4-11)16(22)9-12-8-14(19)15(20)10-13(12)18/h8,10-11H,2-7,9H2,1H3. The van der Waals surface area contributed by atoms with E-state index in [4.69, 9.17) is 4.74 Å². The van der Waals surface area contributed by atoms with Crippen LogP contribution in [0.4, 0.5) is 13.2 Å². The van der Waals surface area contributed by atoms with Gasteiger partial charge in [-0.25, -0.2) is 13.2 Å². The van der Waals surface area contributed by atoms with E-state index in [0.29, 0.717) is 45.0 Å². The van der Waals surface area contributed by atoms with Gasteiger partial charge in [0.05, 0.1) is 13.0 Å². The number of hydrogen-bond acceptors (Lipinski definition) is 3. The van der Waals surface area contributed by atoms with E-state index in [9.17, 15) is 22.8 Å². The minimum Gasteiger partial charge on any atom is -0.466 e. The van der Waals surface area contributed by atoms with Gasteiger partial charge in [0, 0.05) is 31.1 Å². The van der Waals surface area contributed by atoms with Crippen molar-refractivity contribution < 1.29 is 27.5 Å². The largest absolute Gasteiger partial charge is 0.466 e. The van der Waals surface area contributed by atoms with Crippen LogP contribution in [0, 0.1) is 23.4 Å². The van der Waals surface area contributed by atoms with E-state index in [1.165, 1.54) is 0 Å². The van der Waals surface area contributed by atoms with Crippen LogP contribution >= 0.6 is 0 Å². The number of esters is 1. The molecule has 1 aromatic carbocycles. The first-order chi connectivity index (χ1) is 11.4. The second-order valence-corrected chi connectivity index (χ2v) is 5.87. The van der Waals surface area contributed by atoms with Gasteiger partial charge in [0.2, 0.25) is 5.91 Å². The number of benzene rings is 1. The number of nitrogens with zero attached hydrogens (tertiary/aromatic N) is 1. The highest BCUT2D eigenvalue weighted by molar-refractivity contribution is 5.79. The lowest BCUT2D eigenvalue weighted by Gasteiger charge is -2.31. The number of likely N-dealkylation sites (tertiary alicyclic amines) is 1. The fraction of sp³-hybridized carbons (Fsp3) is 0.529. The molecule has 0 unspecified atom stereocenters. The van der Waals surface area contributed by atoms with Gasteiger partial charge in [-0.2, -0.15) is 0 Å². The molecule has 1 saturated heterocycles. The number of hydrogen-bond donors (Lipinski definition) is 0. The fourth-order valence-corrected chi connectivity index (χ4v) is 2.82. The molecular formula is C17H20F3NO3. The lowest BCUT2D eigenvalue weighted by molar-refractivity contribution is -0.144. The van der Waals surface area contributed by atoms with E-state index >= 15 is 0 Å². The summed E-state index contributed by atoms with van der Waals surface area (Å²) in [5, 5.41) is 0. The highest BCUT2D eigenvalue weighted by atomic mass is 19.2. The van der Waals surface area contributed by atoms with Gasteiger partial charge >= 0.3 is 5.97 Å². The Bertz CT molecular complexity index is 613. The third-order valence-corrected chi connectivity index (χ3v) is 4.16. The molecule has 0 radical (unpaired) electrons. The average Bonchev–Trinajstić information content (AvgIpc) is 2.53. The average molecular weight is 343 g/mol. The number of carbonyl (C=O) groups excluding carboxylic acids is 2. The van der Waals surface area contributed by atoms with Crippen molar-refractivity contribution in [3.05, 3.63) is 35.1 Å². The lowest BCUT2D eigenvalue weighted by atomic mass is 9.93. The summed E-state index contributed by atoms with van der Waals surface area (Å²) >= 11 is 0. The lowest BCUT2D eigenvalue weighted by Crippen LogP contribution is -2.39. The Morgan fingerprint density at radius 1 is 1.12 bits per heavy atom. The Morgan fingerprint density at radius 2 is 1.75 bits per heavy atom. The Hall–Kier alpha value is -2.05. The van der Waals surface area contributed by atoms with Crippen molar-refractivity contribution in [3.63, 3.8) is 0 Å². The molecule has 0 spiro atoms. The zero-order valence-corrected chi connectivity index (χ0v) is 13.5. The van der Waals surface area contributed by atoms with Gasteiger partial charge in [-0.15, -0.1) is 0 Å². The summed E-state index contributed by atoms with van der Waals surface area (Å²) < 4.78 is 44.6. The van der Waals surface area contributed by atoms with Crippen LogP contribution in [0.3, 0.4) is 0 Å². The summed E-state index contributed by atoms with van der Waals surface area (Å²) in [4.78, 5) is 25.2. The smallest absolute Gasteiger partial charge is 0.306 e. The van der Waals surface area contributed by atoms with Crippen molar-refractivity contribution in [2.45, 2.75) is 32.6 Å². The maximum atomic E-state index is 13.6. The van der Waals surface area contributed by atoms with Crippen molar-refractivity contribution in [1.82, 2.24) is 4.90 Å². The molecule has 1 aliphatic heterocycles. The topological polar surface area (TPSA) is 46.6 Å². The molecule has 1 amide bonds. The molecule has 1 heterocycles. The van der Waals surface area contributed by atoms with Crippen LogP contribution in [-0.2, 0) is 20.7 Å². The van der Waals surface area contributed by atoms with Crippen LogP contribution in [-0.4, -0.2) is 36.5 Å². The summed E-state index contributed by atoms with van der Waals surface area (Å²) in [5.74, 6) is -3.80. The van der Waals surface area contributed by atoms with Gasteiger partial charge in [0.25, 0.3) is 0 Å². The molecule has 1 aliphatic rings. The van der Waals surface area contributed by atoms with Crippen molar-refractivity contribution >= 4 is 11.9 Å². The van der Waals surface area contributed by atoms with E-state index in [1.54, 1.807) is 11.8 Å². The predicted molar refractivity (Wildman–Crippen MR) is 80.6 cm³/mol. The number of piperidine rings is 1. The van der Waals surface area contributed by atoms with Crippen LogP contribution in [0.2, 0.25) is 0 Å². The summed E-state index contributed by atoms with van der Waals surface area (Å²) in [6, 6.07) is 1.17. The van der Waals surface area contributed by atoms with Crippen LogP contribution < -0.4 is 0 Å². The second-order valence-electron chi connectivity index (χ2n) is 5.87. The van der Waals surface area contributed by atoms with Crippen molar-refractivity contribution in [2.24, 2.45) is 5.92 Å². The van der Waals surface area contributed by atoms with Crippen LogP contribution in [0.15, 0.2) is 12.1 Å². The molecule has 7 heteroatoms. The maximum Gasteiger partial charge on any atom is 0.306 e. The molecular weight excluding hydrogens is 323 g/mol. The molecule has 0 aromatic heterocycles. The van der Waals surface area contributed by atoms with Crippen LogP contribution in [0.5, 0.6) is 0 Å². The van der Waals surface area contributed by atoms with Gasteiger partial charge in [0.1, 0.15) is 5.82 Å². The number of halogens is 3. The van der Waals surface area contributed by atoms with Gasteiger partial charge in [-0.1, -0.05) is 0 Å². The molecule has 24 heavy (non-hydrogen) atoms. The predicted octanol–water partition coefficient (Wildman–Crippen LogP) is 2.84. The normalized spacial score (nSPS) is 15.4. The SMILES string of the molecule is CCOC(=O)CC1CCN(C(=O)Cc2cc(F)c(F)cc2F)CC1. The molecule has 0 bridgehead atoms. The quantitative estimate of drug-likeness (QED) is 0.610. The highest BCUT2D eigenvalue weighted by Gasteiger charge is 2.25. The Labute approximate surface area is 138 Å². The van der Waals surface area contributed by atoms with E-state index in [0.717, 1.165) is 6.07 Å². The summed E-state index contributed by atoms with van der Waals surface area (Å²) in [7, 11) is 0.